The van der Waals surface area contributed by atoms with Crippen LogP contribution in [0.1, 0.15) is 43.7 Å². The number of rotatable bonds is 7. The summed E-state index contributed by atoms with van der Waals surface area (Å²) >= 11 is 0. The van der Waals surface area contributed by atoms with Crippen molar-refractivity contribution in [1.82, 2.24) is 10.2 Å². The molecule has 0 spiro atoms. The summed E-state index contributed by atoms with van der Waals surface area (Å²) in [5.74, 6) is 0.636. The molecule has 2 fully saturated rings. The first-order chi connectivity index (χ1) is 16.0. The van der Waals surface area contributed by atoms with Crippen LogP contribution in [0.3, 0.4) is 0 Å². The van der Waals surface area contributed by atoms with Crippen molar-refractivity contribution in [2.75, 3.05) is 19.6 Å². The Bertz CT molecular complexity index is 1010. The first kappa shape index (κ1) is 23.1. The highest BCUT2D eigenvalue weighted by Gasteiger charge is 2.48. The molecule has 2 aliphatic rings. The third kappa shape index (κ3) is 5.45. The second kappa shape index (κ2) is 10.2. The summed E-state index contributed by atoms with van der Waals surface area (Å²) in [4.78, 5) is 26.6. The van der Waals surface area contributed by atoms with E-state index < -0.39 is 0 Å². The van der Waals surface area contributed by atoms with Crippen molar-refractivity contribution in [3.05, 3.63) is 72.7 Å². The molecule has 4 rings (SSSR count). The number of carbonyl (C=O) groups is 2. The molecule has 1 amide bonds. The monoisotopic (exact) mass is 448 g/mol. The Morgan fingerprint density at radius 3 is 2.97 bits per heavy atom. The maximum absolute atomic E-state index is 12.6. The molecule has 3 atom stereocenters. The predicted molar refractivity (Wildman–Crippen MR) is 128 cm³/mol. The molecule has 1 aliphatic carbocycles. The summed E-state index contributed by atoms with van der Waals surface area (Å²) < 4.78 is 10.4. The number of fused-ring (bicyclic) bond motifs is 1. The molecule has 174 valence electrons. The second-order valence-corrected chi connectivity index (χ2v) is 9.15. The highest BCUT2D eigenvalue weighted by Crippen LogP contribution is 2.49. The van der Waals surface area contributed by atoms with Crippen LogP contribution in [0.25, 0.3) is 6.08 Å². The standard InChI is InChI=1S/C27H32N2O4/c1-3-13-29-14-12-27(22-5-4-6-25(16-22)33-20(2)30)17-24(9-8-23(27)18-29)28-26(31)10-7-21-11-15-32-19-21/h3-7,10-11,15-16,19,23-24H,1,8-9,12-14,17-18H2,2H3,(H,28,31)/b10-7+/t23-,24+,27+/m1/s1. The van der Waals surface area contributed by atoms with Crippen LogP contribution in [0, 0.1) is 5.92 Å². The topological polar surface area (TPSA) is 71.8 Å². The van der Waals surface area contributed by atoms with Gasteiger partial charge in [0.05, 0.1) is 12.5 Å². The SMILES string of the molecule is C=CCN1CC[C@@]2(c3cccc(OC(C)=O)c3)C[C@@H](NC(=O)/C=C/c3ccoc3)CC[C@@H]2C1. The zero-order chi connectivity index (χ0) is 23.3. The zero-order valence-electron chi connectivity index (χ0n) is 19.2. The highest BCUT2D eigenvalue weighted by molar-refractivity contribution is 5.91. The molecular formula is C27H32N2O4. The van der Waals surface area contributed by atoms with Gasteiger partial charge in [-0.25, -0.2) is 0 Å². The Labute approximate surface area is 195 Å². The van der Waals surface area contributed by atoms with Gasteiger partial charge >= 0.3 is 5.97 Å². The third-order valence-electron chi connectivity index (χ3n) is 6.98. The van der Waals surface area contributed by atoms with Crippen LogP contribution in [-0.2, 0) is 15.0 Å². The molecule has 2 aromatic rings. The second-order valence-electron chi connectivity index (χ2n) is 9.15. The summed E-state index contributed by atoms with van der Waals surface area (Å²) in [7, 11) is 0. The van der Waals surface area contributed by atoms with Crippen LogP contribution >= 0.6 is 0 Å². The number of nitrogens with one attached hydrogen (secondary N) is 1. The van der Waals surface area contributed by atoms with Crippen molar-refractivity contribution in [3.8, 4) is 5.75 Å². The first-order valence-corrected chi connectivity index (χ1v) is 11.6. The van der Waals surface area contributed by atoms with E-state index in [1.54, 1.807) is 24.7 Å². The normalized spacial score (nSPS) is 25.4. The first-order valence-electron chi connectivity index (χ1n) is 11.6. The van der Waals surface area contributed by atoms with Gasteiger partial charge in [-0.15, -0.1) is 6.58 Å². The lowest BCUT2D eigenvalue weighted by Crippen LogP contribution is -2.56. The lowest BCUT2D eigenvalue weighted by molar-refractivity contribution is -0.131. The van der Waals surface area contributed by atoms with Gasteiger partial charge in [0.2, 0.25) is 5.91 Å². The Morgan fingerprint density at radius 2 is 2.21 bits per heavy atom. The Balaban J connectivity index is 1.55. The minimum atomic E-state index is -0.319. The van der Waals surface area contributed by atoms with Crippen molar-refractivity contribution in [3.63, 3.8) is 0 Å². The Kier molecular flexibility index (Phi) is 7.14. The summed E-state index contributed by atoms with van der Waals surface area (Å²) in [6, 6.07) is 9.85. The molecule has 6 nitrogen and oxygen atoms in total. The van der Waals surface area contributed by atoms with E-state index in [4.69, 9.17) is 9.15 Å². The number of ether oxygens (including phenoxy) is 1. The zero-order valence-corrected chi connectivity index (χ0v) is 19.2. The number of amides is 1. The van der Waals surface area contributed by atoms with Gasteiger partial charge in [-0.1, -0.05) is 18.2 Å². The number of carbonyl (C=O) groups excluding carboxylic acids is 2. The van der Waals surface area contributed by atoms with E-state index in [2.05, 4.69) is 22.9 Å². The van der Waals surface area contributed by atoms with Crippen LogP contribution in [0.15, 0.2) is 66.0 Å². The molecule has 1 N–H and O–H groups in total. The Morgan fingerprint density at radius 1 is 1.33 bits per heavy atom. The lowest BCUT2D eigenvalue weighted by Gasteiger charge is -2.53. The molecule has 0 radical (unpaired) electrons. The number of esters is 1. The maximum Gasteiger partial charge on any atom is 0.308 e. The molecular weight excluding hydrogens is 416 g/mol. The van der Waals surface area contributed by atoms with Gasteiger partial charge < -0.3 is 14.5 Å². The molecule has 1 aliphatic heterocycles. The Hall–Kier alpha value is -3.12. The van der Waals surface area contributed by atoms with Gasteiger partial charge in [0.1, 0.15) is 5.75 Å². The highest BCUT2D eigenvalue weighted by atomic mass is 16.5. The number of furan rings is 1. The van der Waals surface area contributed by atoms with Gasteiger partial charge in [0.25, 0.3) is 0 Å². The number of hydrogen-bond donors (Lipinski definition) is 1. The van der Waals surface area contributed by atoms with Crippen LogP contribution in [0.5, 0.6) is 5.75 Å². The smallest absolute Gasteiger partial charge is 0.308 e. The number of nitrogens with zero attached hydrogens (tertiary/aromatic N) is 1. The fraction of sp³-hybridized carbons (Fsp3) is 0.407. The van der Waals surface area contributed by atoms with Crippen molar-refractivity contribution in [1.29, 1.82) is 0 Å². The molecule has 6 heteroatoms. The summed E-state index contributed by atoms with van der Waals surface area (Å²) in [5, 5.41) is 3.22. The average molecular weight is 449 g/mol. The predicted octanol–water partition coefficient (Wildman–Crippen LogP) is 4.33. The van der Waals surface area contributed by atoms with Gasteiger partial charge in [-0.2, -0.15) is 0 Å². The van der Waals surface area contributed by atoms with Crippen molar-refractivity contribution in [2.24, 2.45) is 5.92 Å². The van der Waals surface area contributed by atoms with E-state index in [1.807, 2.05) is 30.3 Å². The van der Waals surface area contributed by atoms with Crippen molar-refractivity contribution >= 4 is 18.0 Å². The molecule has 33 heavy (non-hydrogen) atoms. The van der Waals surface area contributed by atoms with E-state index >= 15 is 0 Å². The van der Waals surface area contributed by atoms with Crippen LogP contribution in [0.2, 0.25) is 0 Å². The van der Waals surface area contributed by atoms with Crippen LogP contribution < -0.4 is 10.1 Å². The molecule has 0 unspecified atom stereocenters. The van der Waals surface area contributed by atoms with Crippen LogP contribution in [0.4, 0.5) is 0 Å². The quantitative estimate of drug-likeness (QED) is 0.295. The number of benzene rings is 1. The van der Waals surface area contributed by atoms with E-state index in [0.29, 0.717) is 11.7 Å². The van der Waals surface area contributed by atoms with E-state index in [-0.39, 0.29) is 23.3 Å². The van der Waals surface area contributed by atoms with Crippen molar-refractivity contribution < 1.29 is 18.7 Å². The molecule has 2 heterocycles. The minimum absolute atomic E-state index is 0.0711. The number of piperidine rings is 1. The molecule has 1 aromatic carbocycles. The summed E-state index contributed by atoms with van der Waals surface area (Å²) in [6.45, 7) is 8.19. The molecule has 0 bridgehead atoms. The fourth-order valence-corrected chi connectivity index (χ4v) is 5.52. The van der Waals surface area contributed by atoms with E-state index in [9.17, 15) is 9.59 Å². The van der Waals surface area contributed by atoms with Gasteiger partial charge in [-0.05, 0) is 68.0 Å². The number of likely N-dealkylation sites (tertiary alicyclic amines) is 1. The molecule has 1 saturated carbocycles. The van der Waals surface area contributed by atoms with Crippen molar-refractivity contribution in [2.45, 2.75) is 44.1 Å². The lowest BCUT2D eigenvalue weighted by atomic mass is 9.58. The largest absolute Gasteiger partial charge is 0.472 e. The molecule has 1 saturated heterocycles. The average Bonchev–Trinajstić information content (AvgIpc) is 3.31. The summed E-state index contributed by atoms with van der Waals surface area (Å²) in [6.07, 6.45) is 12.3. The fourth-order valence-electron chi connectivity index (χ4n) is 5.52. The van der Waals surface area contributed by atoms with E-state index in [0.717, 1.165) is 50.9 Å². The molecule has 1 aromatic heterocycles. The van der Waals surface area contributed by atoms with Gasteiger partial charge in [0, 0.05) is 43.1 Å². The summed E-state index contributed by atoms with van der Waals surface area (Å²) in [5.41, 5.74) is 1.98. The van der Waals surface area contributed by atoms with E-state index in [1.165, 1.54) is 12.5 Å². The van der Waals surface area contributed by atoms with Gasteiger partial charge in [-0.3, -0.25) is 14.5 Å². The third-order valence-corrected chi connectivity index (χ3v) is 6.98. The van der Waals surface area contributed by atoms with Gasteiger partial charge in [0.15, 0.2) is 0 Å². The number of hydrogen-bond acceptors (Lipinski definition) is 5. The minimum Gasteiger partial charge on any atom is -0.472 e. The maximum atomic E-state index is 12.6. The van der Waals surface area contributed by atoms with Crippen LogP contribution in [-0.4, -0.2) is 42.5 Å².